The van der Waals surface area contributed by atoms with Crippen LogP contribution in [0.25, 0.3) is 0 Å². The number of fused-ring (bicyclic) bond motifs is 1. The van der Waals surface area contributed by atoms with Crippen LogP contribution in [0, 0.1) is 5.82 Å². The van der Waals surface area contributed by atoms with Crippen molar-refractivity contribution in [2.45, 2.75) is 0 Å². The number of aromatic nitrogens is 2. The van der Waals surface area contributed by atoms with Gasteiger partial charge in [0, 0.05) is 45.1 Å². The van der Waals surface area contributed by atoms with Crippen LogP contribution in [0.2, 0.25) is 10.0 Å². The number of carbonyl (C=O) groups is 1. The van der Waals surface area contributed by atoms with Crippen molar-refractivity contribution < 1.29 is 9.18 Å². The van der Waals surface area contributed by atoms with E-state index >= 15 is 0 Å². The van der Waals surface area contributed by atoms with Crippen molar-refractivity contribution >= 4 is 57.9 Å². The van der Waals surface area contributed by atoms with Crippen molar-refractivity contribution in [3.63, 3.8) is 0 Å². The van der Waals surface area contributed by atoms with Crippen molar-refractivity contribution in [3.05, 3.63) is 64.0 Å². The second-order valence-corrected chi connectivity index (χ2v) is 8.91. The maximum atomic E-state index is 14.8. The molecule has 34 heavy (non-hydrogen) atoms. The average Bonchev–Trinajstić information content (AvgIpc) is 2.84. The van der Waals surface area contributed by atoms with Crippen LogP contribution in [0.4, 0.5) is 33.2 Å². The standard InChI is InChI=1S/C23H22Cl2FN7O/c1-31-13-33(20-16(24)3-2-4-17(20)25)22(34)15-12-28-23(30-21(15)31)29-19-6-5-14(11-18(19)26)32-9-7-27-8-10-32/h2-6,11-12,27H,7-10,13H2,1H3,(H,28,29,30). The maximum absolute atomic E-state index is 14.8. The highest BCUT2D eigenvalue weighted by atomic mass is 35.5. The van der Waals surface area contributed by atoms with Crippen LogP contribution in [0.3, 0.4) is 0 Å². The Balaban J connectivity index is 1.39. The number of amides is 1. The van der Waals surface area contributed by atoms with Crippen LogP contribution in [0.5, 0.6) is 0 Å². The maximum Gasteiger partial charge on any atom is 0.265 e. The van der Waals surface area contributed by atoms with Gasteiger partial charge in [0.15, 0.2) is 0 Å². The molecule has 2 aromatic carbocycles. The van der Waals surface area contributed by atoms with Crippen molar-refractivity contribution in [2.24, 2.45) is 0 Å². The number of anilines is 5. The molecule has 1 saturated heterocycles. The minimum absolute atomic E-state index is 0.191. The Labute approximate surface area is 206 Å². The third kappa shape index (κ3) is 4.22. The Kier molecular flexibility index (Phi) is 6.16. The molecule has 0 bridgehead atoms. The number of nitrogens with zero attached hydrogens (tertiary/aromatic N) is 5. The van der Waals surface area contributed by atoms with E-state index < -0.39 is 5.82 Å². The van der Waals surface area contributed by atoms with Crippen LogP contribution in [-0.4, -0.2) is 55.8 Å². The zero-order valence-electron chi connectivity index (χ0n) is 18.4. The first kappa shape index (κ1) is 22.6. The summed E-state index contributed by atoms with van der Waals surface area (Å²) in [5.74, 6) is -0.0984. The summed E-state index contributed by atoms with van der Waals surface area (Å²) in [6.07, 6.45) is 1.42. The van der Waals surface area contributed by atoms with Gasteiger partial charge >= 0.3 is 0 Å². The molecule has 8 nitrogen and oxygen atoms in total. The first-order valence-electron chi connectivity index (χ1n) is 10.8. The molecule has 0 unspecified atom stereocenters. The third-order valence-corrected chi connectivity index (χ3v) is 6.46. The molecule has 0 atom stereocenters. The van der Waals surface area contributed by atoms with Crippen LogP contribution in [0.15, 0.2) is 42.6 Å². The SMILES string of the molecule is CN1CN(c2c(Cl)cccc2Cl)C(=O)c2cnc(Nc3ccc(N4CCNCC4)cc3F)nc21. The molecule has 0 saturated carbocycles. The van der Waals surface area contributed by atoms with E-state index in [9.17, 15) is 9.18 Å². The zero-order valence-corrected chi connectivity index (χ0v) is 19.9. The molecule has 0 radical (unpaired) electrons. The second kappa shape index (κ2) is 9.25. The highest BCUT2D eigenvalue weighted by Gasteiger charge is 2.32. The Hall–Kier alpha value is -3.14. The summed E-state index contributed by atoms with van der Waals surface area (Å²) in [6.45, 7) is 3.60. The molecule has 11 heteroatoms. The van der Waals surface area contributed by atoms with E-state index in [0.29, 0.717) is 27.1 Å². The lowest BCUT2D eigenvalue weighted by Gasteiger charge is -2.35. The van der Waals surface area contributed by atoms with Gasteiger partial charge in [0.2, 0.25) is 5.95 Å². The zero-order chi connectivity index (χ0) is 23.8. The van der Waals surface area contributed by atoms with Crippen LogP contribution in [-0.2, 0) is 0 Å². The molecule has 176 valence electrons. The minimum atomic E-state index is -0.402. The van der Waals surface area contributed by atoms with Gasteiger partial charge in [0.1, 0.15) is 17.2 Å². The fourth-order valence-corrected chi connectivity index (χ4v) is 4.73. The number of nitrogens with one attached hydrogen (secondary N) is 2. The van der Waals surface area contributed by atoms with E-state index in [1.807, 2.05) is 6.07 Å². The summed E-state index contributed by atoms with van der Waals surface area (Å²) in [4.78, 5) is 27.3. The normalized spacial score (nSPS) is 16.0. The van der Waals surface area contributed by atoms with Gasteiger partial charge in [0.25, 0.3) is 5.91 Å². The Morgan fingerprint density at radius 2 is 1.85 bits per heavy atom. The van der Waals surface area contributed by atoms with Crippen LogP contribution in [0.1, 0.15) is 10.4 Å². The lowest BCUT2D eigenvalue weighted by atomic mass is 10.2. The highest BCUT2D eigenvalue weighted by molar-refractivity contribution is 6.40. The number of hydrogen-bond acceptors (Lipinski definition) is 7. The molecule has 2 N–H and O–H groups in total. The van der Waals surface area contributed by atoms with Crippen molar-refractivity contribution in [3.8, 4) is 0 Å². The number of halogens is 3. The molecule has 0 spiro atoms. The van der Waals surface area contributed by atoms with Gasteiger partial charge in [-0.1, -0.05) is 29.3 Å². The lowest BCUT2D eigenvalue weighted by Crippen LogP contribution is -2.46. The first-order valence-corrected chi connectivity index (χ1v) is 11.5. The first-order chi connectivity index (χ1) is 16.4. The molecule has 3 heterocycles. The smallest absolute Gasteiger partial charge is 0.265 e. The van der Waals surface area contributed by atoms with Gasteiger partial charge in [-0.15, -0.1) is 0 Å². The number of rotatable bonds is 4. The molecule has 1 amide bonds. The van der Waals surface area contributed by atoms with E-state index in [-0.39, 0.29) is 24.2 Å². The number of benzene rings is 2. The quantitative estimate of drug-likeness (QED) is 0.556. The Morgan fingerprint density at radius 1 is 1.12 bits per heavy atom. The largest absolute Gasteiger partial charge is 0.369 e. The van der Waals surface area contributed by atoms with E-state index in [2.05, 4.69) is 25.5 Å². The van der Waals surface area contributed by atoms with Gasteiger partial charge in [-0.25, -0.2) is 9.37 Å². The fraction of sp³-hybridized carbons (Fsp3) is 0.261. The summed E-state index contributed by atoms with van der Waals surface area (Å²) in [5.41, 5.74) is 1.82. The molecule has 1 aromatic heterocycles. The lowest BCUT2D eigenvalue weighted by molar-refractivity contribution is 0.0982. The van der Waals surface area contributed by atoms with Crippen molar-refractivity contribution in [1.29, 1.82) is 0 Å². The van der Waals surface area contributed by atoms with Gasteiger partial charge in [-0.05, 0) is 30.3 Å². The Morgan fingerprint density at radius 3 is 2.56 bits per heavy atom. The highest BCUT2D eigenvalue weighted by Crippen LogP contribution is 2.37. The Bertz CT molecular complexity index is 1230. The van der Waals surface area contributed by atoms with Gasteiger partial charge in [-0.3, -0.25) is 9.69 Å². The summed E-state index contributed by atoms with van der Waals surface area (Å²) in [7, 11) is 1.79. The number of para-hydroxylation sites is 1. The fourth-order valence-electron chi connectivity index (χ4n) is 4.13. The van der Waals surface area contributed by atoms with Crippen LogP contribution >= 0.6 is 23.2 Å². The summed E-state index contributed by atoms with van der Waals surface area (Å²) in [5, 5.41) is 6.95. The van der Waals surface area contributed by atoms with Crippen molar-refractivity contribution in [1.82, 2.24) is 15.3 Å². The molecule has 0 aliphatic carbocycles. The summed E-state index contributed by atoms with van der Waals surface area (Å²) >= 11 is 12.6. The number of carbonyl (C=O) groups excluding carboxylic acids is 1. The number of piperazine rings is 1. The molecule has 5 rings (SSSR count). The topological polar surface area (TPSA) is 76.6 Å². The predicted molar refractivity (Wildman–Crippen MR) is 133 cm³/mol. The van der Waals surface area contributed by atoms with Crippen LogP contribution < -0.4 is 25.3 Å². The molecule has 1 fully saturated rings. The predicted octanol–water partition coefficient (Wildman–Crippen LogP) is 4.13. The number of hydrogen-bond donors (Lipinski definition) is 2. The minimum Gasteiger partial charge on any atom is -0.369 e. The molecule has 2 aliphatic heterocycles. The van der Waals surface area contributed by atoms with Gasteiger partial charge < -0.3 is 20.4 Å². The molecular formula is C23H22Cl2FN7O. The van der Waals surface area contributed by atoms with Gasteiger partial charge in [0.05, 0.1) is 28.1 Å². The third-order valence-electron chi connectivity index (χ3n) is 5.85. The molecule has 3 aromatic rings. The summed E-state index contributed by atoms with van der Waals surface area (Å²) in [6, 6.07) is 10.1. The van der Waals surface area contributed by atoms with E-state index in [1.165, 1.54) is 17.2 Å². The van der Waals surface area contributed by atoms with E-state index in [4.69, 9.17) is 23.2 Å². The second-order valence-electron chi connectivity index (χ2n) is 8.10. The van der Waals surface area contributed by atoms with Crippen molar-refractivity contribution in [2.75, 3.05) is 59.9 Å². The molecule has 2 aliphatic rings. The van der Waals surface area contributed by atoms with Gasteiger partial charge in [-0.2, -0.15) is 4.98 Å². The molecular weight excluding hydrogens is 480 g/mol. The summed E-state index contributed by atoms with van der Waals surface area (Å²) < 4.78 is 14.8. The van der Waals surface area contributed by atoms with E-state index in [0.717, 1.165) is 31.9 Å². The van der Waals surface area contributed by atoms with E-state index in [1.54, 1.807) is 36.2 Å². The monoisotopic (exact) mass is 501 g/mol. The average molecular weight is 502 g/mol.